The molecule has 134 valence electrons. The lowest BCUT2D eigenvalue weighted by Crippen LogP contribution is -2.33. The Kier molecular flexibility index (Phi) is 6.29. The highest BCUT2D eigenvalue weighted by molar-refractivity contribution is 5.91. The van der Waals surface area contributed by atoms with Crippen LogP contribution in [0.15, 0.2) is 47.1 Å². The Bertz CT molecular complexity index is 660. The van der Waals surface area contributed by atoms with Crippen molar-refractivity contribution in [3.05, 3.63) is 54.0 Å². The van der Waals surface area contributed by atoms with Crippen LogP contribution in [0.3, 0.4) is 0 Å². The normalized spacial score (nSPS) is 15.4. The summed E-state index contributed by atoms with van der Waals surface area (Å²) in [6.45, 7) is 0.874. The Balaban J connectivity index is 1.57. The molecule has 1 heterocycles. The molecule has 0 bridgehead atoms. The van der Waals surface area contributed by atoms with Crippen LogP contribution in [-0.2, 0) is 17.8 Å². The van der Waals surface area contributed by atoms with E-state index in [0.29, 0.717) is 18.9 Å². The van der Waals surface area contributed by atoms with Crippen LogP contribution in [0.1, 0.15) is 49.8 Å². The molecule has 0 unspecified atom stereocenters. The van der Waals surface area contributed by atoms with Crippen LogP contribution in [-0.4, -0.2) is 23.9 Å². The maximum Gasteiger partial charge on any atom is 0.224 e. The van der Waals surface area contributed by atoms with Crippen LogP contribution in [0, 0.1) is 0 Å². The SMILES string of the molecule is CN(Cc1ccccc1NC(=O)CCc1ccco1)C1CCCCC1. The van der Waals surface area contributed by atoms with Crippen molar-refractivity contribution < 1.29 is 9.21 Å². The zero-order valence-corrected chi connectivity index (χ0v) is 15.0. The number of anilines is 1. The molecule has 1 aliphatic carbocycles. The van der Waals surface area contributed by atoms with E-state index in [-0.39, 0.29) is 5.91 Å². The van der Waals surface area contributed by atoms with Crippen molar-refractivity contribution in [1.82, 2.24) is 4.90 Å². The molecular formula is C21H28N2O2. The Morgan fingerprint density at radius 2 is 1.96 bits per heavy atom. The van der Waals surface area contributed by atoms with Gasteiger partial charge in [-0.25, -0.2) is 0 Å². The highest BCUT2D eigenvalue weighted by Gasteiger charge is 2.19. The van der Waals surface area contributed by atoms with Gasteiger partial charge in [-0.15, -0.1) is 0 Å². The topological polar surface area (TPSA) is 45.5 Å². The van der Waals surface area contributed by atoms with Crippen molar-refractivity contribution in [3.63, 3.8) is 0 Å². The van der Waals surface area contributed by atoms with Crippen molar-refractivity contribution in [2.24, 2.45) is 0 Å². The van der Waals surface area contributed by atoms with Gasteiger partial charge in [0.2, 0.25) is 5.91 Å². The van der Waals surface area contributed by atoms with Crippen molar-refractivity contribution in [2.75, 3.05) is 12.4 Å². The first kappa shape index (κ1) is 17.7. The highest BCUT2D eigenvalue weighted by atomic mass is 16.3. The maximum atomic E-state index is 12.3. The Morgan fingerprint density at radius 3 is 2.72 bits per heavy atom. The molecule has 0 aliphatic heterocycles. The maximum absolute atomic E-state index is 12.3. The minimum atomic E-state index is 0.0316. The van der Waals surface area contributed by atoms with Gasteiger partial charge in [-0.1, -0.05) is 37.5 Å². The fourth-order valence-corrected chi connectivity index (χ4v) is 3.60. The van der Waals surface area contributed by atoms with Gasteiger partial charge in [0, 0.05) is 31.1 Å². The molecule has 1 N–H and O–H groups in total. The number of carbonyl (C=O) groups excluding carboxylic acids is 1. The van der Waals surface area contributed by atoms with Gasteiger partial charge in [-0.3, -0.25) is 9.69 Å². The average Bonchev–Trinajstić information content (AvgIpc) is 3.16. The molecule has 1 aromatic heterocycles. The number of carbonyl (C=O) groups is 1. The number of amides is 1. The zero-order chi connectivity index (χ0) is 17.5. The first-order valence-electron chi connectivity index (χ1n) is 9.33. The van der Waals surface area contributed by atoms with Gasteiger partial charge in [0.1, 0.15) is 5.76 Å². The summed E-state index contributed by atoms with van der Waals surface area (Å²) in [5.41, 5.74) is 2.11. The third-order valence-corrected chi connectivity index (χ3v) is 5.09. The lowest BCUT2D eigenvalue weighted by molar-refractivity contribution is -0.116. The summed E-state index contributed by atoms with van der Waals surface area (Å²) in [4.78, 5) is 14.7. The standard InChI is InChI=1S/C21H28N2O2/c1-23(18-9-3-2-4-10-18)16-17-8-5-6-12-20(17)22-21(24)14-13-19-11-7-15-25-19/h5-8,11-12,15,18H,2-4,9-10,13-14,16H2,1H3,(H,22,24). The van der Waals surface area contributed by atoms with Gasteiger partial charge < -0.3 is 9.73 Å². The fraction of sp³-hybridized carbons (Fsp3) is 0.476. The van der Waals surface area contributed by atoms with Crippen molar-refractivity contribution in [2.45, 2.75) is 57.5 Å². The second-order valence-corrected chi connectivity index (χ2v) is 6.99. The van der Waals surface area contributed by atoms with E-state index in [9.17, 15) is 4.79 Å². The molecule has 25 heavy (non-hydrogen) atoms. The molecule has 1 aliphatic rings. The molecule has 0 atom stereocenters. The number of hydrogen-bond donors (Lipinski definition) is 1. The number of nitrogens with one attached hydrogen (secondary N) is 1. The van der Waals surface area contributed by atoms with Gasteiger partial charge in [0.15, 0.2) is 0 Å². The molecule has 0 radical (unpaired) electrons. The fourth-order valence-electron chi connectivity index (χ4n) is 3.60. The third-order valence-electron chi connectivity index (χ3n) is 5.09. The van der Waals surface area contributed by atoms with E-state index < -0.39 is 0 Å². The molecule has 0 spiro atoms. The molecule has 4 heteroatoms. The van der Waals surface area contributed by atoms with Crippen LogP contribution in [0.2, 0.25) is 0 Å². The average molecular weight is 340 g/mol. The van der Waals surface area contributed by atoms with E-state index in [1.807, 2.05) is 30.3 Å². The van der Waals surface area contributed by atoms with E-state index in [1.54, 1.807) is 6.26 Å². The minimum Gasteiger partial charge on any atom is -0.469 e. The molecule has 4 nitrogen and oxygen atoms in total. The number of benzene rings is 1. The molecule has 0 saturated heterocycles. The van der Waals surface area contributed by atoms with Crippen molar-refractivity contribution >= 4 is 11.6 Å². The predicted molar refractivity (Wildman–Crippen MR) is 100 cm³/mol. The summed E-state index contributed by atoms with van der Waals surface area (Å²) in [6.07, 6.45) is 9.31. The van der Waals surface area contributed by atoms with Gasteiger partial charge in [0.25, 0.3) is 0 Å². The van der Waals surface area contributed by atoms with Crippen LogP contribution >= 0.6 is 0 Å². The van der Waals surface area contributed by atoms with E-state index in [1.165, 1.54) is 37.7 Å². The predicted octanol–water partition coefficient (Wildman–Crippen LogP) is 4.62. The summed E-state index contributed by atoms with van der Waals surface area (Å²) >= 11 is 0. The largest absolute Gasteiger partial charge is 0.469 e. The highest BCUT2D eigenvalue weighted by Crippen LogP contribution is 2.25. The monoisotopic (exact) mass is 340 g/mol. The Hall–Kier alpha value is -2.07. The first-order chi connectivity index (χ1) is 12.2. The van der Waals surface area contributed by atoms with Gasteiger partial charge in [-0.05, 0) is 43.7 Å². The van der Waals surface area contributed by atoms with Crippen LogP contribution < -0.4 is 5.32 Å². The Morgan fingerprint density at radius 1 is 1.16 bits per heavy atom. The molecule has 2 aromatic rings. The van der Waals surface area contributed by atoms with E-state index >= 15 is 0 Å². The second kappa shape index (κ2) is 8.86. The van der Waals surface area contributed by atoms with E-state index in [2.05, 4.69) is 23.3 Å². The van der Waals surface area contributed by atoms with Gasteiger partial charge in [-0.2, -0.15) is 0 Å². The van der Waals surface area contributed by atoms with Crippen LogP contribution in [0.25, 0.3) is 0 Å². The first-order valence-corrected chi connectivity index (χ1v) is 9.33. The van der Waals surface area contributed by atoms with Crippen LogP contribution in [0.4, 0.5) is 5.69 Å². The van der Waals surface area contributed by atoms with Crippen LogP contribution in [0.5, 0.6) is 0 Å². The third kappa shape index (κ3) is 5.20. The Labute approximate surface area is 150 Å². The lowest BCUT2D eigenvalue weighted by atomic mass is 9.94. The summed E-state index contributed by atoms with van der Waals surface area (Å²) in [5.74, 6) is 0.879. The molecular weight excluding hydrogens is 312 g/mol. The summed E-state index contributed by atoms with van der Waals surface area (Å²) in [7, 11) is 2.20. The molecule has 3 rings (SSSR count). The zero-order valence-electron chi connectivity index (χ0n) is 15.0. The molecule has 1 aromatic carbocycles. The number of hydrogen-bond acceptors (Lipinski definition) is 3. The number of nitrogens with zero attached hydrogens (tertiary/aromatic N) is 1. The molecule has 1 amide bonds. The lowest BCUT2D eigenvalue weighted by Gasteiger charge is -2.31. The number of rotatable bonds is 7. The molecule has 1 saturated carbocycles. The smallest absolute Gasteiger partial charge is 0.224 e. The summed E-state index contributed by atoms with van der Waals surface area (Å²) < 4.78 is 5.29. The number of aryl methyl sites for hydroxylation is 1. The number of furan rings is 1. The quantitative estimate of drug-likeness (QED) is 0.800. The minimum absolute atomic E-state index is 0.0316. The molecule has 1 fully saturated rings. The van der Waals surface area contributed by atoms with Gasteiger partial charge >= 0.3 is 0 Å². The number of para-hydroxylation sites is 1. The van der Waals surface area contributed by atoms with Crippen molar-refractivity contribution in [3.8, 4) is 0 Å². The van der Waals surface area contributed by atoms with E-state index in [0.717, 1.165) is 18.0 Å². The second-order valence-electron chi connectivity index (χ2n) is 6.99. The van der Waals surface area contributed by atoms with E-state index in [4.69, 9.17) is 4.42 Å². The van der Waals surface area contributed by atoms with Crippen molar-refractivity contribution in [1.29, 1.82) is 0 Å². The summed E-state index contributed by atoms with van der Waals surface area (Å²) in [6, 6.07) is 12.5. The summed E-state index contributed by atoms with van der Waals surface area (Å²) in [5, 5.41) is 3.07. The van der Waals surface area contributed by atoms with Gasteiger partial charge in [0.05, 0.1) is 6.26 Å².